The number of nitrogens with one attached hydrogen (secondary N) is 1. The zero-order valence-electron chi connectivity index (χ0n) is 16.5. The van der Waals surface area contributed by atoms with E-state index in [1.54, 1.807) is 6.07 Å². The van der Waals surface area contributed by atoms with Crippen LogP contribution in [0.25, 0.3) is 15.9 Å². The molecule has 0 bridgehead atoms. The normalized spacial score (nSPS) is 16.9. The van der Waals surface area contributed by atoms with Crippen molar-refractivity contribution in [3.05, 3.63) is 54.2 Å². The van der Waals surface area contributed by atoms with Crippen LogP contribution < -0.4 is 5.32 Å². The predicted octanol–water partition coefficient (Wildman–Crippen LogP) is 3.68. The number of benzene rings is 1. The molecule has 1 atom stereocenters. The quantitative estimate of drug-likeness (QED) is 0.541. The molecule has 4 aromatic rings. The Morgan fingerprint density at radius 2 is 2.07 bits per heavy atom. The highest BCUT2D eigenvalue weighted by atomic mass is 32.1. The maximum Gasteiger partial charge on any atom is 0.243 e. The third-order valence-electron chi connectivity index (χ3n) is 5.74. The van der Waals surface area contributed by atoms with E-state index < -0.39 is 0 Å². The first-order chi connectivity index (χ1) is 14.6. The number of pyridine rings is 1. The molecule has 4 heterocycles. The van der Waals surface area contributed by atoms with Gasteiger partial charge in [0.05, 0.1) is 16.3 Å². The van der Waals surface area contributed by atoms with Crippen molar-refractivity contribution < 1.29 is 9.18 Å². The number of likely N-dealkylation sites (tertiary alicyclic amines) is 1. The van der Waals surface area contributed by atoms with Gasteiger partial charge < -0.3 is 5.32 Å². The van der Waals surface area contributed by atoms with Crippen LogP contribution in [0.2, 0.25) is 0 Å². The lowest BCUT2D eigenvalue weighted by Gasteiger charge is -2.34. The summed E-state index contributed by atoms with van der Waals surface area (Å²) < 4.78 is 16.1. The highest BCUT2D eigenvalue weighted by molar-refractivity contribution is 7.22. The second kappa shape index (κ2) is 7.73. The summed E-state index contributed by atoms with van der Waals surface area (Å²) in [5.41, 5.74) is 1.55. The van der Waals surface area contributed by atoms with Gasteiger partial charge in [0, 0.05) is 12.1 Å². The number of amides is 1. The van der Waals surface area contributed by atoms with E-state index in [4.69, 9.17) is 0 Å². The lowest BCUT2D eigenvalue weighted by Crippen LogP contribution is -2.45. The minimum Gasteiger partial charge on any atom is -0.301 e. The molecule has 1 unspecified atom stereocenters. The molecule has 0 saturated carbocycles. The molecular formula is C21H21FN6OS. The van der Waals surface area contributed by atoms with E-state index in [9.17, 15) is 9.18 Å². The number of aromatic nitrogens is 4. The molecule has 9 heteroatoms. The Kier molecular flexibility index (Phi) is 4.92. The standard InChI is InChI=1S/C21H21FN6OS/c1-13(20(29)24-21-23-16-6-5-15(22)12-17(16)30-21)27-10-7-14(8-11-27)19-26-25-18-4-2-3-9-28(18)19/h2-6,9,12-14H,7-8,10-11H2,1H3,(H,23,24,29). The molecule has 154 valence electrons. The monoisotopic (exact) mass is 424 g/mol. The summed E-state index contributed by atoms with van der Waals surface area (Å²) >= 11 is 1.28. The molecular weight excluding hydrogens is 403 g/mol. The average molecular weight is 425 g/mol. The number of piperidine rings is 1. The SMILES string of the molecule is CC(C(=O)Nc1nc2ccc(F)cc2s1)N1CCC(c2nnc3ccccn23)CC1. The van der Waals surface area contributed by atoms with Crippen molar-refractivity contribution in [3.8, 4) is 0 Å². The van der Waals surface area contributed by atoms with E-state index in [0.29, 0.717) is 16.6 Å². The van der Waals surface area contributed by atoms with Crippen LogP contribution in [-0.2, 0) is 4.79 Å². The number of carbonyl (C=O) groups is 1. The van der Waals surface area contributed by atoms with Crippen LogP contribution in [-0.4, -0.2) is 49.5 Å². The summed E-state index contributed by atoms with van der Waals surface area (Å²) in [6, 6.07) is 10.1. The van der Waals surface area contributed by atoms with Crippen LogP contribution in [0.5, 0.6) is 0 Å². The van der Waals surface area contributed by atoms with Crippen LogP contribution in [0.15, 0.2) is 42.6 Å². The van der Waals surface area contributed by atoms with Crippen LogP contribution >= 0.6 is 11.3 Å². The molecule has 1 amide bonds. The number of halogens is 1. The fourth-order valence-electron chi connectivity index (χ4n) is 4.01. The van der Waals surface area contributed by atoms with Crippen LogP contribution in [0.4, 0.5) is 9.52 Å². The van der Waals surface area contributed by atoms with E-state index in [1.807, 2.05) is 35.7 Å². The molecule has 1 aliphatic heterocycles. The Bertz CT molecular complexity index is 1210. The topological polar surface area (TPSA) is 75.4 Å². The molecule has 30 heavy (non-hydrogen) atoms. The molecule has 1 saturated heterocycles. The summed E-state index contributed by atoms with van der Waals surface area (Å²) in [7, 11) is 0. The van der Waals surface area contributed by atoms with Gasteiger partial charge in [-0.1, -0.05) is 17.4 Å². The Morgan fingerprint density at radius 1 is 1.23 bits per heavy atom. The smallest absolute Gasteiger partial charge is 0.243 e. The van der Waals surface area contributed by atoms with Crippen LogP contribution in [0.3, 0.4) is 0 Å². The van der Waals surface area contributed by atoms with Gasteiger partial charge in [-0.25, -0.2) is 9.37 Å². The minimum absolute atomic E-state index is 0.0964. The minimum atomic E-state index is -0.305. The zero-order valence-corrected chi connectivity index (χ0v) is 17.3. The number of thiazole rings is 1. The van der Waals surface area contributed by atoms with Crippen molar-refractivity contribution in [3.63, 3.8) is 0 Å². The van der Waals surface area contributed by atoms with Gasteiger partial charge in [-0.15, -0.1) is 10.2 Å². The first-order valence-electron chi connectivity index (χ1n) is 9.99. The third-order valence-corrected chi connectivity index (χ3v) is 6.68. The lowest BCUT2D eigenvalue weighted by atomic mass is 9.95. The second-order valence-corrected chi connectivity index (χ2v) is 8.62. The molecule has 0 radical (unpaired) electrons. The van der Waals surface area contributed by atoms with E-state index in [1.165, 1.54) is 23.5 Å². The maximum absolute atomic E-state index is 13.4. The molecule has 0 aliphatic carbocycles. The third kappa shape index (κ3) is 3.54. The highest BCUT2D eigenvalue weighted by Gasteiger charge is 2.29. The average Bonchev–Trinajstić information content (AvgIpc) is 3.36. The number of fused-ring (bicyclic) bond motifs is 2. The van der Waals surface area contributed by atoms with Gasteiger partial charge in [-0.3, -0.25) is 14.1 Å². The predicted molar refractivity (Wildman–Crippen MR) is 114 cm³/mol. The van der Waals surface area contributed by atoms with E-state index in [0.717, 1.165) is 42.1 Å². The molecule has 1 N–H and O–H groups in total. The summed E-state index contributed by atoms with van der Waals surface area (Å²) in [5.74, 6) is 0.916. The summed E-state index contributed by atoms with van der Waals surface area (Å²) in [6.45, 7) is 3.53. The number of anilines is 1. The molecule has 1 aromatic carbocycles. The fourth-order valence-corrected chi connectivity index (χ4v) is 4.90. The first kappa shape index (κ1) is 19.1. The van der Waals surface area contributed by atoms with Gasteiger partial charge in [0.25, 0.3) is 0 Å². The maximum atomic E-state index is 13.4. The van der Waals surface area contributed by atoms with Crippen molar-refractivity contribution in [2.24, 2.45) is 0 Å². The van der Waals surface area contributed by atoms with Gasteiger partial charge in [0.1, 0.15) is 11.6 Å². The zero-order chi connectivity index (χ0) is 20.7. The number of hydrogen-bond donors (Lipinski definition) is 1. The number of nitrogens with zero attached hydrogens (tertiary/aromatic N) is 5. The number of carbonyl (C=O) groups excluding carboxylic acids is 1. The van der Waals surface area contributed by atoms with Crippen molar-refractivity contribution >= 4 is 38.2 Å². The highest BCUT2D eigenvalue weighted by Crippen LogP contribution is 2.29. The number of rotatable bonds is 4. The van der Waals surface area contributed by atoms with Gasteiger partial charge in [0.2, 0.25) is 5.91 Å². The van der Waals surface area contributed by atoms with Gasteiger partial charge in [0.15, 0.2) is 10.8 Å². The molecule has 7 nitrogen and oxygen atoms in total. The van der Waals surface area contributed by atoms with E-state index in [2.05, 4.69) is 25.4 Å². The Hall–Kier alpha value is -2.91. The molecule has 3 aromatic heterocycles. The van der Waals surface area contributed by atoms with E-state index >= 15 is 0 Å². The first-order valence-corrected chi connectivity index (χ1v) is 10.8. The van der Waals surface area contributed by atoms with Crippen molar-refractivity contribution in [1.29, 1.82) is 0 Å². The summed E-state index contributed by atoms with van der Waals surface area (Å²) in [5, 5.41) is 12.0. The van der Waals surface area contributed by atoms with Gasteiger partial charge in [-0.05, 0) is 63.2 Å². The number of hydrogen-bond acceptors (Lipinski definition) is 6. The Labute approximate surface area is 176 Å². The second-order valence-electron chi connectivity index (χ2n) is 7.59. The summed E-state index contributed by atoms with van der Waals surface area (Å²) in [4.78, 5) is 19.3. The molecule has 0 spiro atoms. The Balaban J connectivity index is 1.22. The molecule has 1 aliphatic rings. The van der Waals surface area contributed by atoms with Crippen molar-refractivity contribution in [2.45, 2.75) is 31.7 Å². The van der Waals surface area contributed by atoms with Crippen molar-refractivity contribution in [2.75, 3.05) is 18.4 Å². The fraction of sp³-hybridized carbons (Fsp3) is 0.333. The van der Waals surface area contributed by atoms with E-state index in [-0.39, 0.29) is 17.8 Å². The summed E-state index contributed by atoms with van der Waals surface area (Å²) in [6.07, 6.45) is 3.85. The molecule has 1 fully saturated rings. The van der Waals surface area contributed by atoms with Crippen LogP contribution in [0.1, 0.15) is 31.5 Å². The Morgan fingerprint density at radius 3 is 2.90 bits per heavy atom. The lowest BCUT2D eigenvalue weighted by molar-refractivity contribution is -0.121. The van der Waals surface area contributed by atoms with Gasteiger partial charge in [-0.2, -0.15) is 0 Å². The van der Waals surface area contributed by atoms with Gasteiger partial charge >= 0.3 is 0 Å². The van der Waals surface area contributed by atoms with Crippen molar-refractivity contribution in [1.82, 2.24) is 24.5 Å². The van der Waals surface area contributed by atoms with Crippen LogP contribution in [0, 0.1) is 5.82 Å². The largest absolute Gasteiger partial charge is 0.301 e. The molecule has 5 rings (SSSR count).